The Morgan fingerprint density at radius 2 is 1.50 bits per heavy atom. The van der Waals surface area contributed by atoms with Gasteiger partial charge in [0.25, 0.3) is 0 Å². The van der Waals surface area contributed by atoms with Gasteiger partial charge < -0.3 is 28.5 Å². The molecule has 9 heteroatoms. The van der Waals surface area contributed by atoms with Crippen LogP contribution in [0.3, 0.4) is 0 Å². The zero-order valence-corrected chi connectivity index (χ0v) is 30.2. The van der Waals surface area contributed by atoms with Gasteiger partial charge in [0.1, 0.15) is 11.7 Å². The number of ether oxygens (including phenoxy) is 2. The minimum atomic E-state index is -2.31. The summed E-state index contributed by atoms with van der Waals surface area (Å²) >= 11 is 0. The van der Waals surface area contributed by atoms with Crippen LogP contribution in [0.4, 0.5) is 0 Å². The highest BCUT2D eigenvalue weighted by Gasteiger charge is 2.47. The van der Waals surface area contributed by atoms with Crippen molar-refractivity contribution in [3.63, 3.8) is 0 Å². The number of hydrogen-bond donors (Lipinski definition) is 2. The van der Waals surface area contributed by atoms with E-state index in [0.29, 0.717) is 25.7 Å². The van der Waals surface area contributed by atoms with E-state index in [1.165, 1.54) is 6.08 Å². The van der Waals surface area contributed by atoms with E-state index in [1.54, 1.807) is 14.0 Å². The van der Waals surface area contributed by atoms with E-state index in [-0.39, 0.29) is 17.7 Å². The zero-order valence-electron chi connectivity index (χ0n) is 28.2. The summed E-state index contributed by atoms with van der Waals surface area (Å²) < 4.78 is 26.2. The average Bonchev–Trinajstić information content (AvgIpc) is 2.90. The van der Waals surface area contributed by atoms with Gasteiger partial charge in [-0.2, -0.15) is 0 Å². The fourth-order valence-electron chi connectivity index (χ4n) is 4.82. The molecule has 40 heavy (non-hydrogen) atoms. The summed E-state index contributed by atoms with van der Waals surface area (Å²) in [5, 5.41) is 20.3. The molecular formula is C31H64O7Si2. The van der Waals surface area contributed by atoms with Crippen LogP contribution in [-0.4, -0.2) is 76.0 Å². The molecule has 0 rings (SSSR count). The maximum absolute atomic E-state index is 13.6. The van der Waals surface area contributed by atoms with Crippen molar-refractivity contribution in [3.05, 3.63) is 12.7 Å². The third-order valence-electron chi connectivity index (χ3n) is 9.63. The standard InChI is InChI=1S/C31H64O7Si2/c1-15-26(30(10,34)16-2)36-28(33)24(6)25(37-39(13,14)29(7,8)9)23-27(31(11,35-12)21-20-22-32)38-40(17-3,18-4)19-5/h16,24-27,32,34H,2,15,17-23H2,1,3-14H3/t24-,25+,26-,27-,30+,31-/m1/s1. The number of esters is 1. The highest BCUT2D eigenvalue weighted by atomic mass is 28.4. The Bertz CT molecular complexity index is 753. The van der Waals surface area contributed by atoms with E-state index < -0.39 is 51.9 Å². The lowest BCUT2D eigenvalue weighted by Crippen LogP contribution is -2.54. The monoisotopic (exact) mass is 604 g/mol. The van der Waals surface area contributed by atoms with Crippen LogP contribution in [0.15, 0.2) is 12.7 Å². The van der Waals surface area contributed by atoms with Gasteiger partial charge in [-0.15, -0.1) is 6.58 Å². The van der Waals surface area contributed by atoms with Gasteiger partial charge in [-0.25, -0.2) is 0 Å². The van der Waals surface area contributed by atoms with Crippen molar-refractivity contribution in [1.29, 1.82) is 0 Å². The molecule has 0 aromatic rings. The average molecular weight is 605 g/mol. The van der Waals surface area contributed by atoms with Gasteiger partial charge in [0.05, 0.1) is 23.7 Å². The molecule has 0 unspecified atom stereocenters. The van der Waals surface area contributed by atoms with Gasteiger partial charge in [-0.3, -0.25) is 4.79 Å². The Balaban J connectivity index is 6.72. The maximum atomic E-state index is 13.6. The lowest BCUT2D eigenvalue weighted by Gasteiger charge is -2.46. The summed E-state index contributed by atoms with van der Waals surface area (Å²) in [6.07, 6.45) is 2.02. The minimum Gasteiger partial charge on any atom is -0.459 e. The third kappa shape index (κ3) is 10.6. The second kappa shape index (κ2) is 16.3. The quantitative estimate of drug-likeness (QED) is 0.0860. The van der Waals surface area contributed by atoms with E-state index >= 15 is 0 Å². The van der Waals surface area contributed by atoms with E-state index in [2.05, 4.69) is 61.2 Å². The van der Waals surface area contributed by atoms with Crippen molar-refractivity contribution >= 4 is 22.6 Å². The summed E-state index contributed by atoms with van der Waals surface area (Å²) in [6.45, 7) is 28.7. The molecule has 0 aromatic heterocycles. The lowest BCUT2D eigenvalue weighted by molar-refractivity contribution is -0.169. The summed E-state index contributed by atoms with van der Waals surface area (Å²) in [5.41, 5.74) is -2.00. The molecule has 0 fully saturated rings. The number of aliphatic hydroxyl groups is 2. The molecular weight excluding hydrogens is 541 g/mol. The van der Waals surface area contributed by atoms with Gasteiger partial charge in [0.15, 0.2) is 16.6 Å². The van der Waals surface area contributed by atoms with Gasteiger partial charge in [-0.1, -0.05) is 54.5 Å². The first-order valence-corrected chi connectivity index (χ1v) is 20.8. The van der Waals surface area contributed by atoms with E-state index in [9.17, 15) is 15.0 Å². The number of aliphatic hydroxyl groups excluding tert-OH is 1. The summed E-state index contributed by atoms with van der Waals surface area (Å²) in [4.78, 5) is 13.6. The van der Waals surface area contributed by atoms with Crippen LogP contribution in [0.2, 0.25) is 36.3 Å². The molecule has 7 nitrogen and oxygen atoms in total. The topological polar surface area (TPSA) is 94.5 Å². The van der Waals surface area contributed by atoms with E-state index in [4.69, 9.17) is 18.3 Å². The van der Waals surface area contributed by atoms with Crippen LogP contribution in [-0.2, 0) is 23.1 Å². The predicted molar refractivity (Wildman–Crippen MR) is 171 cm³/mol. The van der Waals surface area contributed by atoms with Crippen molar-refractivity contribution in [3.8, 4) is 0 Å². The molecule has 0 heterocycles. The van der Waals surface area contributed by atoms with E-state index in [0.717, 1.165) is 18.1 Å². The SMILES string of the molecule is C=C[C@](C)(O)[C@@H](CC)OC(=O)[C@H](C)[C@H](C[C@@H](O[Si](CC)(CC)CC)[C@@](C)(CCCO)OC)O[Si](C)(C)C(C)(C)C. The van der Waals surface area contributed by atoms with Crippen LogP contribution >= 0.6 is 0 Å². The van der Waals surface area contributed by atoms with Gasteiger partial charge >= 0.3 is 5.97 Å². The number of carbonyl (C=O) groups is 1. The van der Waals surface area contributed by atoms with Crippen molar-refractivity contribution in [2.45, 2.75) is 161 Å². The van der Waals surface area contributed by atoms with Crippen molar-refractivity contribution in [1.82, 2.24) is 0 Å². The fourth-order valence-corrected chi connectivity index (χ4v) is 9.18. The normalized spacial score (nSPS) is 19.2. The van der Waals surface area contributed by atoms with Gasteiger partial charge in [-0.05, 0) is 76.3 Å². The van der Waals surface area contributed by atoms with Gasteiger partial charge in [0, 0.05) is 20.1 Å². The Labute approximate surface area is 248 Å². The second-order valence-electron chi connectivity index (χ2n) is 13.4. The minimum absolute atomic E-state index is 0.0673. The molecule has 6 atom stereocenters. The van der Waals surface area contributed by atoms with Crippen LogP contribution in [0.1, 0.15) is 94.9 Å². The molecule has 0 spiro atoms. The van der Waals surface area contributed by atoms with Gasteiger partial charge in [0.2, 0.25) is 0 Å². The molecule has 0 saturated heterocycles. The first-order chi connectivity index (χ1) is 18.3. The largest absolute Gasteiger partial charge is 0.459 e. The van der Waals surface area contributed by atoms with Crippen molar-refractivity contribution in [2.75, 3.05) is 13.7 Å². The predicted octanol–water partition coefficient (Wildman–Crippen LogP) is 7.23. The Morgan fingerprint density at radius 1 is 0.975 bits per heavy atom. The summed E-state index contributed by atoms with van der Waals surface area (Å²) in [7, 11) is -2.69. The first-order valence-electron chi connectivity index (χ1n) is 15.4. The molecule has 0 aliphatic heterocycles. The smallest absolute Gasteiger partial charge is 0.311 e. The highest BCUT2D eigenvalue weighted by molar-refractivity contribution is 6.74. The number of hydrogen-bond acceptors (Lipinski definition) is 7. The number of carbonyl (C=O) groups excluding carboxylic acids is 1. The molecule has 238 valence electrons. The fraction of sp³-hybridized carbons (Fsp3) is 0.903. The Kier molecular flexibility index (Phi) is 16.1. The molecule has 2 N–H and O–H groups in total. The van der Waals surface area contributed by atoms with Crippen LogP contribution in [0.5, 0.6) is 0 Å². The number of rotatable bonds is 20. The summed E-state index contributed by atoms with van der Waals surface area (Å²) in [6, 6.07) is 2.95. The van der Waals surface area contributed by atoms with E-state index in [1.807, 2.05) is 20.8 Å². The highest BCUT2D eigenvalue weighted by Crippen LogP contribution is 2.41. The van der Waals surface area contributed by atoms with Crippen LogP contribution in [0, 0.1) is 5.92 Å². The van der Waals surface area contributed by atoms with Crippen molar-refractivity contribution < 1.29 is 33.3 Å². The van der Waals surface area contributed by atoms with Crippen LogP contribution in [0.25, 0.3) is 0 Å². The molecule has 0 radical (unpaired) electrons. The maximum Gasteiger partial charge on any atom is 0.311 e. The molecule has 0 saturated carbocycles. The molecule has 0 aliphatic rings. The zero-order chi connectivity index (χ0) is 31.6. The first kappa shape index (κ1) is 39.4. The molecule has 0 bridgehead atoms. The molecule has 0 aliphatic carbocycles. The van der Waals surface area contributed by atoms with Crippen molar-refractivity contribution in [2.24, 2.45) is 5.92 Å². The molecule has 0 aromatic carbocycles. The number of methoxy groups -OCH3 is 1. The van der Waals surface area contributed by atoms with Crippen LogP contribution < -0.4 is 0 Å². The Hall–Kier alpha value is -0.556. The second-order valence-corrected chi connectivity index (χ2v) is 22.9. The third-order valence-corrected chi connectivity index (χ3v) is 18.8. The molecule has 0 amide bonds. The summed E-state index contributed by atoms with van der Waals surface area (Å²) in [5.74, 6) is -1.01. The Morgan fingerprint density at radius 3 is 1.88 bits per heavy atom. The lowest BCUT2D eigenvalue weighted by atomic mass is 9.87.